The van der Waals surface area contributed by atoms with Crippen molar-refractivity contribution in [1.29, 1.82) is 0 Å². The summed E-state index contributed by atoms with van der Waals surface area (Å²) in [5.41, 5.74) is 2.56. The Morgan fingerprint density at radius 3 is 2.58 bits per heavy atom. The highest BCUT2D eigenvalue weighted by molar-refractivity contribution is 5.76. The number of carbonyl (C=O) groups is 2. The van der Waals surface area contributed by atoms with Crippen LogP contribution < -0.4 is 0 Å². The van der Waals surface area contributed by atoms with E-state index in [1.54, 1.807) is 0 Å². The predicted molar refractivity (Wildman–Crippen MR) is 112 cm³/mol. The fraction of sp³-hybridized carbons (Fsp3) is 0.545. The summed E-state index contributed by atoms with van der Waals surface area (Å²) in [7, 11) is 0. The number of ether oxygens (including phenoxy) is 1. The van der Waals surface area contributed by atoms with Gasteiger partial charge in [0, 0.05) is 24.8 Å². The molecule has 9 nitrogen and oxygen atoms in total. The fourth-order valence-corrected chi connectivity index (χ4v) is 4.15. The maximum atomic E-state index is 12.6. The normalized spacial score (nSPS) is 18.9. The summed E-state index contributed by atoms with van der Waals surface area (Å²) in [6.45, 7) is 7.96. The molecular formula is C22H30N4O5. The molecule has 4 heterocycles. The molecular weight excluding hydrogens is 400 g/mol. The van der Waals surface area contributed by atoms with Crippen LogP contribution in [0.3, 0.4) is 0 Å². The first kappa shape index (κ1) is 22.9. The van der Waals surface area contributed by atoms with Crippen molar-refractivity contribution in [1.82, 2.24) is 19.9 Å². The standard InChI is InChI=1S/C21H28N4O3.CH2O2/c1-16-4-3-5-18(22-16)13-25-15-21(27-11-6-20(25)26)7-9-24(10-8-21)14-19-12-17(2)23-28-19;2-1-3/h3-5,12H,6-11,13-15H2,1-2H3;1H,(H,2,3). The van der Waals surface area contributed by atoms with Crippen LogP contribution >= 0.6 is 0 Å². The van der Waals surface area contributed by atoms with Crippen LogP contribution in [0.5, 0.6) is 0 Å². The summed E-state index contributed by atoms with van der Waals surface area (Å²) in [5.74, 6) is 1.05. The Hall–Kier alpha value is -2.78. The highest BCUT2D eigenvalue weighted by Gasteiger charge is 2.40. The van der Waals surface area contributed by atoms with Crippen LogP contribution in [0.15, 0.2) is 28.8 Å². The predicted octanol–water partition coefficient (Wildman–Crippen LogP) is 2.17. The molecule has 9 heteroatoms. The molecule has 0 aromatic carbocycles. The summed E-state index contributed by atoms with van der Waals surface area (Å²) in [5, 5.41) is 10.9. The van der Waals surface area contributed by atoms with Gasteiger partial charge in [-0.05, 0) is 38.8 Å². The number of pyridine rings is 1. The van der Waals surface area contributed by atoms with E-state index in [2.05, 4.69) is 15.0 Å². The second kappa shape index (κ2) is 10.5. The van der Waals surface area contributed by atoms with Crippen molar-refractivity contribution in [2.45, 2.75) is 51.8 Å². The first-order valence-corrected chi connectivity index (χ1v) is 10.5. The van der Waals surface area contributed by atoms with E-state index in [1.807, 2.05) is 43.0 Å². The maximum absolute atomic E-state index is 12.6. The van der Waals surface area contributed by atoms with E-state index < -0.39 is 0 Å². The molecule has 2 saturated heterocycles. The third-order valence-corrected chi connectivity index (χ3v) is 5.68. The molecule has 0 atom stereocenters. The average molecular weight is 431 g/mol. The maximum Gasteiger partial charge on any atom is 0.290 e. The van der Waals surface area contributed by atoms with E-state index in [9.17, 15) is 4.79 Å². The minimum absolute atomic E-state index is 0.153. The Morgan fingerprint density at radius 1 is 1.19 bits per heavy atom. The number of carboxylic acid groups (broad SMARTS) is 1. The lowest BCUT2D eigenvalue weighted by Crippen LogP contribution is -2.51. The lowest BCUT2D eigenvalue weighted by molar-refractivity contribution is -0.132. The first-order valence-electron chi connectivity index (χ1n) is 10.5. The average Bonchev–Trinajstić information content (AvgIpc) is 3.08. The zero-order valence-corrected chi connectivity index (χ0v) is 18.1. The van der Waals surface area contributed by atoms with Crippen molar-refractivity contribution in [3.8, 4) is 0 Å². The highest BCUT2D eigenvalue weighted by atomic mass is 16.5. The molecule has 2 aliphatic heterocycles. The summed E-state index contributed by atoms with van der Waals surface area (Å²) in [6, 6.07) is 7.95. The zero-order valence-electron chi connectivity index (χ0n) is 18.1. The number of aryl methyl sites for hydroxylation is 2. The van der Waals surface area contributed by atoms with Gasteiger partial charge in [-0.2, -0.15) is 0 Å². The molecule has 0 unspecified atom stereocenters. The van der Waals surface area contributed by atoms with Gasteiger partial charge >= 0.3 is 0 Å². The van der Waals surface area contributed by atoms with E-state index in [4.69, 9.17) is 19.2 Å². The Labute approximate surface area is 182 Å². The molecule has 1 N–H and O–H groups in total. The van der Waals surface area contributed by atoms with Gasteiger partial charge in [0.1, 0.15) is 0 Å². The van der Waals surface area contributed by atoms with Crippen molar-refractivity contribution in [3.63, 3.8) is 0 Å². The number of carbonyl (C=O) groups excluding carboxylic acids is 1. The molecule has 2 aliphatic rings. The first-order chi connectivity index (χ1) is 14.9. The second-order valence-corrected chi connectivity index (χ2v) is 8.12. The van der Waals surface area contributed by atoms with Crippen molar-refractivity contribution in [2.75, 3.05) is 26.2 Å². The second-order valence-electron chi connectivity index (χ2n) is 8.12. The SMILES string of the molecule is Cc1cc(CN2CCC3(CC2)CN(Cc2cccc(C)n2)C(=O)CCO3)on1.O=CO. The smallest absolute Gasteiger partial charge is 0.290 e. The summed E-state index contributed by atoms with van der Waals surface area (Å²) in [4.78, 5) is 29.9. The largest absolute Gasteiger partial charge is 0.483 e. The van der Waals surface area contributed by atoms with E-state index in [0.29, 0.717) is 26.1 Å². The molecule has 0 bridgehead atoms. The third kappa shape index (κ3) is 6.35. The lowest BCUT2D eigenvalue weighted by atomic mass is 9.90. The van der Waals surface area contributed by atoms with Crippen molar-refractivity contribution < 1.29 is 24.0 Å². The molecule has 168 valence electrons. The quantitative estimate of drug-likeness (QED) is 0.735. The van der Waals surface area contributed by atoms with E-state index in [-0.39, 0.29) is 18.0 Å². The van der Waals surface area contributed by atoms with Gasteiger partial charge in [-0.1, -0.05) is 11.2 Å². The number of amides is 1. The Balaban J connectivity index is 0.000000858. The van der Waals surface area contributed by atoms with Crippen molar-refractivity contribution >= 4 is 12.4 Å². The van der Waals surface area contributed by atoms with Crippen LogP contribution in [-0.4, -0.2) is 69.3 Å². The number of hydrogen-bond donors (Lipinski definition) is 1. The van der Waals surface area contributed by atoms with Gasteiger partial charge in [-0.3, -0.25) is 19.5 Å². The summed E-state index contributed by atoms with van der Waals surface area (Å²) >= 11 is 0. The van der Waals surface area contributed by atoms with Crippen LogP contribution in [0.25, 0.3) is 0 Å². The third-order valence-electron chi connectivity index (χ3n) is 5.68. The molecule has 2 aromatic heterocycles. The van der Waals surface area contributed by atoms with Crippen LogP contribution in [0.2, 0.25) is 0 Å². The van der Waals surface area contributed by atoms with E-state index in [1.165, 1.54) is 0 Å². The van der Waals surface area contributed by atoms with Gasteiger partial charge in [0.2, 0.25) is 5.91 Å². The molecule has 2 fully saturated rings. The molecule has 0 saturated carbocycles. The van der Waals surface area contributed by atoms with Gasteiger partial charge in [-0.25, -0.2) is 0 Å². The minimum atomic E-state index is -0.260. The lowest BCUT2D eigenvalue weighted by Gasteiger charge is -2.42. The number of hydrogen-bond acceptors (Lipinski definition) is 7. The van der Waals surface area contributed by atoms with Crippen LogP contribution in [-0.2, 0) is 27.4 Å². The number of piperidine rings is 1. The van der Waals surface area contributed by atoms with Gasteiger partial charge in [0.05, 0.1) is 49.7 Å². The number of aromatic nitrogens is 2. The monoisotopic (exact) mass is 430 g/mol. The fourth-order valence-electron chi connectivity index (χ4n) is 4.15. The summed E-state index contributed by atoms with van der Waals surface area (Å²) < 4.78 is 11.6. The Morgan fingerprint density at radius 2 is 1.94 bits per heavy atom. The molecule has 2 aromatic rings. The van der Waals surface area contributed by atoms with Crippen LogP contribution in [0, 0.1) is 13.8 Å². The summed E-state index contributed by atoms with van der Waals surface area (Å²) in [6.07, 6.45) is 2.25. The molecule has 1 spiro atoms. The van der Waals surface area contributed by atoms with Gasteiger partial charge in [0.25, 0.3) is 6.47 Å². The molecule has 1 amide bonds. The van der Waals surface area contributed by atoms with Gasteiger partial charge in [-0.15, -0.1) is 0 Å². The highest BCUT2D eigenvalue weighted by Crippen LogP contribution is 2.31. The van der Waals surface area contributed by atoms with E-state index in [0.717, 1.165) is 55.3 Å². The van der Waals surface area contributed by atoms with Crippen LogP contribution in [0.4, 0.5) is 0 Å². The Bertz CT molecular complexity index is 876. The molecule has 31 heavy (non-hydrogen) atoms. The molecule has 4 rings (SSSR count). The van der Waals surface area contributed by atoms with Crippen LogP contribution in [0.1, 0.15) is 42.1 Å². The van der Waals surface area contributed by atoms with Crippen molar-refractivity contribution in [2.24, 2.45) is 0 Å². The van der Waals surface area contributed by atoms with Crippen molar-refractivity contribution in [3.05, 3.63) is 47.1 Å². The number of likely N-dealkylation sites (tertiary alicyclic amines) is 1. The zero-order chi connectivity index (χ0) is 22.3. The number of rotatable bonds is 4. The molecule has 0 aliphatic carbocycles. The van der Waals surface area contributed by atoms with Gasteiger partial charge < -0.3 is 19.3 Å². The topological polar surface area (TPSA) is 109 Å². The van der Waals surface area contributed by atoms with Gasteiger partial charge in [0.15, 0.2) is 5.76 Å². The van der Waals surface area contributed by atoms with E-state index >= 15 is 0 Å². The number of nitrogens with zero attached hydrogens (tertiary/aromatic N) is 4. The minimum Gasteiger partial charge on any atom is -0.483 e. The molecule has 0 radical (unpaired) electrons. The Kier molecular flexibility index (Phi) is 7.75.